The van der Waals surface area contributed by atoms with E-state index in [1.807, 2.05) is 36.7 Å². The molecule has 0 saturated carbocycles. The van der Waals surface area contributed by atoms with Gasteiger partial charge in [-0.1, -0.05) is 24.3 Å². The zero-order valence-electron chi connectivity index (χ0n) is 11.7. The lowest BCUT2D eigenvalue weighted by Crippen LogP contribution is -1.88. The second-order valence-electron chi connectivity index (χ2n) is 5.44. The molecule has 5 rings (SSSR count). The fourth-order valence-electron chi connectivity index (χ4n) is 3.02. The van der Waals surface area contributed by atoms with Crippen molar-refractivity contribution in [2.75, 3.05) is 0 Å². The molecule has 102 valence electrons. The van der Waals surface area contributed by atoms with Crippen molar-refractivity contribution in [2.24, 2.45) is 0 Å². The van der Waals surface area contributed by atoms with E-state index in [2.05, 4.69) is 35.3 Å². The molecule has 5 aromatic rings. The van der Waals surface area contributed by atoms with Gasteiger partial charge in [-0.15, -0.1) is 0 Å². The van der Waals surface area contributed by atoms with Gasteiger partial charge in [0.1, 0.15) is 0 Å². The van der Waals surface area contributed by atoms with Crippen LogP contribution < -0.4 is 0 Å². The van der Waals surface area contributed by atoms with Gasteiger partial charge in [0.15, 0.2) is 0 Å². The first kappa shape index (κ1) is 11.6. The zero-order chi connectivity index (χ0) is 14.5. The Morgan fingerprint density at radius 2 is 1.32 bits per heavy atom. The van der Waals surface area contributed by atoms with E-state index >= 15 is 0 Å². The van der Waals surface area contributed by atoms with E-state index in [9.17, 15) is 0 Å². The predicted molar refractivity (Wildman–Crippen MR) is 89.9 cm³/mol. The Morgan fingerprint density at radius 1 is 0.591 bits per heavy atom. The van der Waals surface area contributed by atoms with Gasteiger partial charge in [0.05, 0.1) is 22.1 Å². The third-order valence-electron chi connectivity index (χ3n) is 4.09. The molecule has 0 radical (unpaired) electrons. The summed E-state index contributed by atoms with van der Waals surface area (Å²) in [5, 5.41) is 4.71. The molecule has 2 heterocycles. The highest BCUT2D eigenvalue weighted by Gasteiger charge is 2.06. The average Bonchev–Trinajstić information content (AvgIpc) is 2.58. The zero-order valence-corrected chi connectivity index (χ0v) is 11.7. The standard InChI is InChI=1S/C19H11N3/c1-2-4-17-16(3-1)21-18-9-12-5-6-13-11-20-8-7-14(13)15(12)10-19(18)22-17/h1-11H. The summed E-state index contributed by atoms with van der Waals surface area (Å²) in [5.41, 5.74) is 3.71. The van der Waals surface area contributed by atoms with Gasteiger partial charge in [0, 0.05) is 17.8 Å². The first-order valence-corrected chi connectivity index (χ1v) is 7.21. The summed E-state index contributed by atoms with van der Waals surface area (Å²) in [5.74, 6) is 0. The number of aromatic nitrogens is 3. The van der Waals surface area contributed by atoms with E-state index in [4.69, 9.17) is 9.97 Å². The highest BCUT2D eigenvalue weighted by molar-refractivity contribution is 6.11. The lowest BCUT2D eigenvalue weighted by molar-refractivity contribution is 1.37. The van der Waals surface area contributed by atoms with Gasteiger partial charge in [0.2, 0.25) is 0 Å². The largest absolute Gasteiger partial charge is 0.264 e. The fourth-order valence-corrected chi connectivity index (χ4v) is 3.02. The van der Waals surface area contributed by atoms with Crippen LogP contribution in [0.1, 0.15) is 0 Å². The minimum atomic E-state index is 0.926. The first-order valence-electron chi connectivity index (χ1n) is 7.21. The number of nitrogens with zero attached hydrogens (tertiary/aromatic N) is 3. The Bertz CT molecular complexity index is 1170. The quantitative estimate of drug-likeness (QED) is 0.310. The molecule has 0 unspecified atom stereocenters. The highest BCUT2D eigenvalue weighted by Crippen LogP contribution is 2.28. The van der Waals surface area contributed by atoms with E-state index in [0.717, 1.165) is 27.5 Å². The summed E-state index contributed by atoms with van der Waals surface area (Å²) in [7, 11) is 0. The van der Waals surface area contributed by atoms with Crippen molar-refractivity contribution in [1.82, 2.24) is 15.0 Å². The minimum absolute atomic E-state index is 0.926. The molecule has 3 heteroatoms. The van der Waals surface area contributed by atoms with E-state index in [0.29, 0.717) is 0 Å². The summed E-state index contributed by atoms with van der Waals surface area (Å²) in [6.45, 7) is 0. The second kappa shape index (κ2) is 4.21. The second-order valence-corrected chi connectivity index (χ2v) is 5.44. The van der Waals surface area contributed by atoms with Gasteiger partial charge in [-0.2, -0.15) is 0 Å². The van der Waals surface area contributed by atoms with Crippen LogP contribution in [0.2, 0.25) is 0 Å². The molecule has 0 fully saturated rings. The Kier molecular flexibility index (Phi) is 2.22. The predicted octanol–water partition coefficient (Wildman–Crippen LogP) is 4.48. The van der Waals surface area contributed by atoms with Crippen LogP contribution in [0.25, 0.3) is 43.6 Å². The van der Waals surface area contributed by atoms with Crippen LogP contribution >= 0.6 is 0 Å². The maximum Gasteiger partial charge on any atom is 0.0901 e. The molecule has 0 amide bonds. The van der Waals surface area contributed by atoms with E-state index in [1.54, 1.807) is 0 Å². The van der Waals surface area contributed by atoms with Gasteiger partial charge in [0.25, 0.3) is 0 Å². The van der Waals surface area contributed by atoms with Crippen LogP contribution in [0.4, 0.5) is 0 Å². The van der Waals surface area contributed by atoms with Crippen LogP contribution in [0.3, 0.4) is 0 Å². The maximum atomic E-state index is 4.76. The van der Waals surface area contributed by atoms with Crippen LogP contribution in [-0.4, -0.2) is 15.0 Å². The van der Waals surface area contributed by atoms with E-state index < -0.39 is 0 Å². The van der Waals surface area contributed by atoms with Crippen LogP contribution in [0, 0.1) is 0 Å². The molecule has 0 bridgehead atoms. The lowest BCUT2D eigenvalue weighted by Gasteiger charge is -2.06. The molecule has 0 aliphatic rings. The van der Waals surface area contributed by atoms with Crippen LogP contribution in [-0.2, 0) is 0 Å². The Balaban J connectivity index is 1.98. The highest BCUT2D eigenvalue weighted by atomic mass is 14.8. The number of rotatable bonds is 0. The monoisotopic (exact) mass is 281 g/mol. The normalized spacial score (nSPS) is 11.6. The van der Waals surface area contributed by atoms with Gasteiger partial charge in [-0.05, 0) is 46.5 Å². The third kappa shape index (κ3) is 1.59. The molecular weight excluding hydrogens is 270 g/mol. The number of benzene rings is 3. The molecule has 22 heavy (non-hydrogen) atoms. The summed E-state index contributed by atoms with van der Waals surface area (Å²) < 4.78 is 0. The van der Waals surface area contributed by atoms with Crippen molar-refractivity contribution in [1.29, 1.82) is 0 Å². The van der Waals surface area contributed by atoms with Crippen molar-refractivity contribution >= 4 is 43.6 Å². The Labute approximate surface area is 126 Å². The average molecular weight is 281 g/mol. The number of fused-ring (bicyclic) bond motifs is 5. The molecule has 3 nitrogen and oxygen atoms in total. The summed E-state index contributed by atoms with van der Waals surface area (Å²) in [4.78, 5) is 13.7. The summed E-state index contributed by atoms with van der Waals surface area (Å²) in [6, 6.07) is 18.5. The van der Waals surface area contributed by atoms with Crippen molar-refractivity contribution < 1.29 is 0 Å². The molecular formula is C19H11N3. The minimum Gasteiger partial charge on any atom is -0.264 e. The fraction of sp³-hybridized carbons (Fsp3) is 0. The summed E-state index contributed by atoms with van der Waals surface area (Å²) in [6.07, 6.45) is 3.73. The molecule has 3 aromatic carbocycles. The van der Waals surface area contributed by atoms with E-state index in [-0.39, 0.29) is 0 Å². The first-order chi connectivity index (χ1) is 10.9. The van der Waals surface area contributed by atoms with Crippen molar-refractivity contribution in [2.45, 2.75) is 0 Å². The number of hydrogen-bond acceptors (Lipinski definition) is 3. The lowest BCUT2D eigenvalue weighted by atomic mass is 10.0. The van der Waals surface area contributed by atoms with Gasteiger partial charge >= 0.3 is 0 Å². The van der Waals surface area contributed by atoms with Crippen molar-refractivity contribution in [3.8, 4) is 0 Å². The molecule has 0 aliphatic heterocycles. The number of hydrogen-bond donors (Lipinski definition) is 0. The summed E-state index contributed by atoms with van der Waals surface area (Å²) >= 11 is 0. The van der Waals surface area contributed by atoms with Gasteiger partial charge in [-0.3, -0.25) is 4.98 Å². The van der Waals surface area contributed by atoms with Crippen molar-refractivity contribution in [3.05, 3.63) is 67.0 Å². The molecule has 0 saturated heterocycles. The van der Waals surface area contributed by atoms with Gasteiger partial charge in [-0.25, -0.2) is 9.97 Å². The molecule has 0 aliphatic carbocycles. The SMILES string of the molecule is c1ccc2nc3cc4c(ccc5cnccc54)cc3nc2c1. The maximum absolute atomic E-state index is 4.76. The van der Waals surface area contributed by atoms with Crippen LogP contribution in [0.15, 0.2) is 67.0 Å². The Hall–Kier alpha value is -3.07. The Morgan fingerprint density at radius 3 is 2.14 bits per heavy atom. The molecule has 0 atom stereocenters. The van der Waals surface area contributed by atoms with E-state index in [1.165, 1.54) is 16.2 Å². The topological polar surface area (TPSA) is 38.7 Å². The van der Waals surface area contributed by atoms with Crippen molar-refractivity contribution in [3.63, 3.8) is 0 Å². The third-order valence-corrected chi connectivity index (χ3v) is 4.09. The molecule has 0 N–H and O–H groups in total. The smallest absolute Gasteiger partial charge is 0.0901 e. The molecule has 2 aromatic heterocycles. The van der Waals surface area contributed by atoms with Crippen LogP contribution in [0.5, 0.6) is 0 Å². The number of para-hydroxylation sites is 2. The number of pyridine rings is 1. The molecule has 0 spiro atoms. The van der Waals surface area contributed by atoms with Gasteiger partial charge < -0.3 is 0 Å².